The van der Waals surface area contributed by atoms with Crippen LogP contribution in [0.2, 0.25) is 0 Å². The predicted molar refractivity (Wildman–Crippen MR) is 64.8 cm³/mol. The fourth-order valence-corrected chi connectivity index (χ4v) is 1.17. The molecule has 1 rings (SSSR count). The van der Waals surface area contributed by atoms with Crippen molar-refractivity contribution in [3.8, 4) is 0 Å². The van der Waals surface area contributed by atoms with E-state index in [4.69, 9.17) is 0 Å². The SMILES string of the molecule is CN=C/C(C(=O)Nc1ccccc1)=C(\C)O. The Morgan fingerprint density at radius 1 is 1.38 bits per heavy atom. The Morgan fingerprint density at radius 2 is 2.00 bits per heavy atom. The Hall–Kier alpha value is -2.10. The number of anilines is 1. The molecule has 84 valence electrons. The molecule has 0 fully saturated rings. The molecule has 1 aromatic rings. The van der Waals surface area contributed by atoms with Crippen molar-refractivity contribution in [3.05, 3.63) is 41.7 Å². The van der Waals surface area contributed by atoms with E-state index < -0.39 is 0 Å². The van der Waals surface area contributed by atoms with E-state index in [0.717, 1.165) is 0 Å². The summed E-state index contributed by atoms with van der Waals surface area (Å²) in [6.07, 6.45) is 1.33. The zero-order valence-electron chi connectivity index (χ0n) is 9.27. The lowest BCUT2D eigenvalue weighted by Gasteiger charge is -2.05. The standard InChI is InChI=1S/C12H14N2O2/c1-9(15)11(8-13-2)12(16)14-10-6-4-3-5-7-10/h3-8,15H,1-2H3,(H,14,16)/b11-9-,13-8?. The van der Waals surface area contributed by atoms with Crippen LogP contribution in [-0.4, -0.2) is 24.3 Å². The maximum atomic E-state index is 11.7. The molecule has 0 unspecified atom stereocenters. The van der Waals surface area contributed by atoms with Gasteiger partial charge in [0.25, 0.3) is 5.91 Å². The van der Waals surface area contributed by atoms with Gasteiger partial charge < -0.3 is 10.4 Å². The molecule has 4 nitrogen and oxygen atoms in total. The molecule has 0 radical (unpaired) electrons. The van der Waals surface area contributed by atoms with Gasteiger partial charge in [-0.3, -0.25) is 9.79 Å². The number of carbonyl (C=O) groups is 1. The van der Waals surface area contributed by atoms with Gasteiger partial charge >= 0.3 is 0 Å². The third-order valence-corrected chi connectivity index (χ3v) is 1.92. The fraction of sp³-hybridized carbons (Fsp3) is 0.167. The smallest absolute Gasteiger partial charge is 0.260 e. The van der Waals surface area contributed by atoms with E-state index in [1.807, 2.05) is 18.2 Å². The van der Waals surface area contributed by atoms with Gasteiger partial charge in [0, 0.05) is 18.9 Å². The van der Waals surface area contributed by atoms with Gasteiger partial charge in [-0.05, 0) is 19.1 Å². The van der Waals surface area contributed by atoms with Crippen LogP contribution in [0.15, 0.2) is 46.7 Å². The Labute approximate surface area is 94.3 Å². The topological polar surface area (TPSA) is 61.7 Å². The molecule has 4 heteroatoms. The lowest BCUT2D eigenvalue weighted by Crippen LogP contribution is -2.16. The van der Waals surface area contributed by atoms with Gasteiger partial charge in [-0.1, -0.05) is 18.2 Å². The highest BCUT2D eigenvalue weighted by Crippen LogP contribution is 2.08. The summed E-state index contributed by atoms with van der Waals surface area (Å²) in [5, 5.41) is 12.0. The van der Waals surface area contributed by atoms with Crippen LogP contribution in [0.4, 0.5) is 5.69 Å². The van der Waals surface area contributed by atoms with E-state index in [9.17, 15) is 9.90 Å². The molecule has 0 aliphatic rings. The first-order valence-electron chi connectivity index (χ1n) is 4.83. The highest BCUT2D eigenvalue weighted by Gasteiger charge is 2.10. The molecule has 1 aromatic carbocycles. The maximum absolute atomic E-state index is 11.7. The van der Waals surface area contributed by atoms with Crippen molar-refractivity contribution in [1.82, 2.24) is 0 Å². The first-order valence-corrected chi connectivity index (χ1v) is 4.83. The summed E-state index contributed by atoms with van der Waals surface area (Å²) in [7, 11) is 1.54. The van der Waals surface area contributed by atoms with Crippen molar-refractivity contribution < 1.29 is 9.90 Å². The Kier molecular flexibility index (Phi) is 4.27. The van der Waals surface area contributed by atoms with Crippen LogP contribution in [0.5, 0.6) is 0 Å². The second-order valence-electron chi connectivity index (χ2n) is 3.21. The zero-order valence-corrected chi connectivity index (χ0v) is 9.27. The number of hydrogen-bond acceptors (Lipinski definition) is 3. The van der Waals surface area contributed by atoms with Crippen molar-refractivity contribution in [2.45, 2.75) is 6.92 Å². The first-order chi connectivity index (χ1) is 7.65. The summed E-state index contributed by atoms with van der Waals surface area (Å²) in [6.45, 7) is 1.45. The highest BCUT2D eigenvalue weighted by molar-refractivity contribution is 6.18. The molecular formula is C12H14N2O2. The van der Waals surface area contributed by atoms with E-state index in [0.29, 0.717) is 5.69 Å². The Bertz CT molecular complexity index is 418. The maximum Gasteiger partial charge on any atom is 0.260 e. The van der Waals surface area contributed by atoms with Crippen LogP contribution in [0, 0.1) is 0 Å². The molecule has 0 heterocycles. The van der Waals surface area contributed by atoms with Gasteiger partial charge in [0.15, 0.2) is 0 Å². The van der Waals surface area contributed by atoms with Gasteiger partial charge in [0.1, 0.15) is 5.76 Å². The molecule has 2 N–H and O–H groups in total. The number of aliphatic hydroxyl groups is 1. The molecular weight excluding hydrogens is 204 g/mol. The normalized spacial score (nSPS) is 12.4. The number of nitrogens with zero attached hydrogens (tertiary/aromatic N) is 1. The summed E-state index contributed by atoms with van der Waals surface area (Å²) in [6, 6.07) is 9.03. The molecule has 0 bridgehead atoms. The largest absolute Gasteiger partial charge is 0.512 e. The summed E-state index contributed by atoms with van der Waals surface area (Å²) in [5.41, 5.74) is 0.835. The molecule has 0 saturated carbocycles. The first kappa shape index (κ1) is 12.0. The molecule has 0 aliphatic heterocycles. The van der Waals surface area contributed by atoms with E-state index in [1.54, 1.807) is 19.2 Å². The number of allylic oxidation sites excluding steroid dienone is 1. The van der Waals surface area contributed by atoms with Crippen LogP contribution in [0.1, 0.15) is 6.92 Å². The Balaban J connectivity index is 2.83. The van der Waals surface area contributed by atoms with Crippen molar-refractivity contribution in [2.24, 2.45) is 4.99 Å². The summed E-state index contributed by atoms with van der Waals surface area (Å²) < 4.78 is 0. The zero-order chi connectivity index (χ0) is 12.0. The second-order valence-corrected chi connectivity index (χ2v) is 3.21. The summed E-state index contributed by atoms with van der Waals surface area (Å²) >= 11 is 0. The molecule has 1 amide bonds. The predicted octanol–water partition coefficient (Wildman–Crippen LogP) is 2.16. The number of benzene rings is 1. The average molecular weight is 218 g/mol. The van der Waals surface area contributed by atoms with E-state index in [2.05, 4.69) is 10.3 Å². The number of carbonyl (C=O) groups excluding carboxylic acids is 1. The number of aliphatic hydroxyl groups excluding tert-OH is 1. The van der Waals surface area contributed by atoms with Gasteiger partial charge in [-0.25, -0.2) is 0 Å². The van der Waals surface area contributed by atoms with Crippen molar-refractivity contribution in [2.75, 3.05) is 12.4 Å². The minimum Gasteiger partial charge on any atom is -0.512 e. The summed E-state index contributed by atoms with van der Waals surface area (Å²) in [5.74, 6) is -0.434. The minimum absolute atomic E-state index is 0.0565. The molecule has 0 saturated heterocycles. The second kappa shape index (κ2) is 5.70. The molecule has 0 spiro atoms. The molecule has 0 aliphatic carbocycles. The Morgan fingerprint density at radius 3 is 2.50 bits per heavy atom. The van der Waals surface area contributed by atoms with E-state index in [-0.39, 0.29) is 17.2 Å². The lowest BCUT2D eigenvalue weighted by molar-refractivity contribution is -0.112. The number of aliphatic imine (C=N–C) groups is 1. The van der Waals surface area contributed by atoms with Crippen LogP contribution in [0.3, 0.4) is 0 Å². The van der Waals surface area contributed by atoms with Crippen LogP contribution < -0.4 is 5.32 Å². The van der Waals surface area contributed by atoms with Gasteiger partial charge in [-0.15, -0.1) is 0 Å². The quantitative estimate of drug-likeness (QED) is 0.464. The minimum atomic E-state index is -0.378. The van der Waals surface area contributed by atoms with E-state index in [1.165, 1.54) is 13.1 Å². The number of amides is 1. The average Bonchev–Trinajstić information content (AvgIpc) is 2.26. The van der Waals surface area contributed by atoms with Crippen LogP contribution in [0.25, 0.3) is 0 Å². The van der Waals surface area contributed by atoms with E-state index >= 15 is 0 Å². The van der Waals surface area contributed by atoms with Crippen molar-refractivity contribution in [3.63, 3.8) is 0 Å². The van der Waals surface area contributed by atoms with Crippen molar-refractivity contribution >= 4 is 17.8 Å². The third kappa shape index (κ3) is 3.24. The van der Waals surface area contributed by atoms with Crippen LogP contribution >= 0.6 is 0 Å². The number of hydrogen-bond donors (Lipinski definition) is 2. The van der Waals surface area contributed by atoms with Crippen molar-refractivity contribution in [1.29, 1.82) is 0 Å². The van der Waals surface area contributed by atoms with Crippen LogP contribution in [-0.2, 0) is 4.79 Å². The number of para-hydroxylation sites is 1. The number of nitrogens with one attached hydrogen (secondary N) is 1. The lowest BCUT2D eigenvalue weighted by atomic mass is 10.2. The fourth-order valence-electron chi connectivity index (χ4n) is 1.17. The van der Waals surface area contributed by atoms with Gasteiger partial charge in [-0.2, -0.15) is 0 Å². The van der Waals surface area contributed by atoms with Gasteiger partial charge in [0.05, 0.1) is 5.57 Å². The highest BCUT2D eigenvalue weighted by atomic mass is 16.3. The number of rotatable bonds is 3. The monoisotopic (exact) mass is 218 g/mol. The molecule has 0 aromatic heterocycles. The third-order valence-electron chi connectivity index (χ3n) is 1.92. The summed E-state index contributed by atoms with van der Waals surface area (Å²) in [4.78, 5) is 15.4. The van der Waals surface area contributed by atoms with Gasteiger partial charge in [0.2, 0.25) is 0 Å². The molecule has 0 atom stereocenters. The molecule has 16 heavy (non-hydrogen) atoms.